The molecule has 0 bridgehead atoms. The molecule has 0 aliphatic carbocycles. The van der Waals surface area contributed by atoms with Gasteiger partial charge in [0, 0.05) is 39.7 Å². The number of fused-ring (bicyclic) bond motifs is 2. The highest BCUT2D eigenvalue weighted by Crippen LogP contribution is 2.28. The molecule has 0 atom stereocenters. The third-order valence-electron chi connectivity index (χ3n) is 5.72. The fourth-order valence-corrected chi connectivity index (χ4v) is 5.20. The number of hydrogen-bond acceptors (Lipinski definition) is 3. The zero-order valence-electron chi connectivity index (χ0n) is 17.7. The minimum absolute atomic E-state index is 0.207. The van der Waals surface area contributed by atoms with Gasteiger partial charge in [-0.2, -0.15) is 0 Å². The van der Waals surface area contributed by atoms with E-state index in [0.29, 0.717) is 10.7 Å². The monoisotopic (exact) mass is 455 g/mol. The van der Waals surface area contributed by atoms with Gasteiger partial charge in [0.25, 0.3) is 10.0 Å². The van der Waals surface area contributed by atoms with Gasteiger partial charge in [-0.25, -0.2) is 8.42 Å². The van der Waals surface area contributed by atoms with E-state index in [9.17, 15) is 8.42 Å². The summed E-state index contributed by atoms with van der Waals surface area (Å²) < 4.78 is 28.8. The van der Waals surface area contributed by atoms with Gasteiger partial charge >= 0.3 is 0 Å². The van der Waals surface area contributed by atoms with Crippen molar-refractivity contribution < 1.29 is 8.42 Å². The van der Waals surface area contributed by atoms with Crippen LogP contribution in [0.15, 0.2) is 65.7 Å². The Kier molecular flexibility index (Phi) is 6.23. The molecule has 31 heavy (non-hydrogen) atoms. The maximum atomic E-state index is 13.0. The van der Waals surface area contributed by atoms with Crippen molar-refractivity contribution in [2.75, 3.05) is 24.4 Å². The Balaban J connectivity index is 1.61. The minimum atomic E-state index is -3.73. The number of benzene rings is 3. The van der Waals surface area contributed by atoms with Crippen molar-refractivity contribution in [3.63, 3.8) is 0 Å². The van der Waals surface area contributed by atoms with E-state index in [0.717, 1.165) is 47.7 Å². The molecule has 4 rings (SSSR count). The van der Waals surface area contributed by atoms with E-state index >= 15 is 0 Å². The summed E-state index contributed by atoms with van der Waals surface area (Å²) in [6.45, 7) is 7.32. The lowest BCUT2D eigenvalue weighted by molar-refractivity contribution is 0.308. The number of nitrogens with one attached hydrogen (secondary N) is 2. The predicted molar refractivity (Wildman–Crippen MR) is 130 cm³/mol. The molecule has 0 saturated carbocycles. The molecule has 3 aromatic carbocycles. The summed E-state index contributed by atoms with van der Waals surface area (Å²) in [6, 6.07) is 16.0. The van der Waals surface area contributed by atoms with Gasteiger partial charge in [-0.05, 0) is 66.9 Å². The highest BCUT2D eigenvalue weighted by molar-refractivity contribution is 7.92. The summed E-state index contributed by atoms with van der Waals surface area (Å²) in [6.07, 6.45) is 2.92. The van der Waals surface area contributed by atoms with E-state index in [1.807, 2.05) is 30.5 Å². The molecule has 1 heterocycles. The number of halogens is 1. The molecule has 1 aromatic heterocycles. The third kappa shape index (κ3) is 4.56. The third-order valence-corrected chi connectivity index (χ3v) is 7.43. The lowest BCUT2D eigenvalue weighted by Crippen LogP contribution is -2.25. The number of sulfonamides is 1. The minimum Gasteiger partial charge on any atom is -0.361 e. The summed E-state index contributed by atoms with van der Waals surface area (Å²) in [5.74, 6) is 0. The van der Waals surface area contributed by atoms with E-state index in [1.165, 1.54) is 5.56 Å². The summed E-state index contributed by atoms with van der Waals surface area (Å²) in [5, 5.41) is 3.26. The topological polar surface area (TPSA) is 65.2 Å². The van der Waals surface area contributed by atoms with Crippen LogP contribution >= 0.6 is 11.6 Å². The molecule has 2 N–H and O–H groups in total. The molecule has 0 radical (unpaired) electrons. The number of anilines is 1. The average Bonchev–Trinajstić information content (AvgIpc) is 3.16. The first-order chi connectivity index (χ1) is 14.9. The van der Waals surface area contributed by atoms with Crippen molar-refractivity contribution in [2.45, 2.75) is 25.2 Å². The van der Waals surface area contributed by atoms with Crippen molar-refractivity contribution in [2.24, 2.45) is 0 Å². The first kappa shape index (κ1) is 21.7. The Morgan fingerprint density at radius 2 is 1.81 bits per heavy atom. The van der Waals surface area contributed by atoms with E-state index in [2.05, 4.69) is 28.5 Å². The van der Waals surface area contributed by atoms with Crippen molar-refractivity contribution in [1.82, 2.24) is 9.88 Å². The second-order valence-corrected chi connectivity index (χ2v) is 9.67. The molecule has 0 aliphatic rings. The highest BCUT2D eigenvalue weighted by Gasteiger charge is 2.16. The van der Waals surface area contributed by atoms with Gasteiger partial charge in [0.15, 0.2) is 0 Å². The molecule has 0 amide bonds. The Hall–Kier alpha value is -2.54. The molecular weight excluding hydrogens is 430 g/mol. The van der Waals surface area contributed by atoms with E-state index < -0.39 is 10.0 Å². The molecular formula is C24H26ClN3O2S. The molecule has 5 nitrogen and oxygen atoms in total. The number of rotatable bonds is 8. The van der Waals surface area contributed by atoms with Gasteiger partial charge in [0.05, 0.1) is 4.90 Å². The lowest BCUT2D eigenvalue weighted by Gasteiger charge is -2.17. The van der Waals surface area contributed by atoms with Gasteiger partial charge in [-0.15, -0.1) is 0 Å². The van der Waals surface area contributed by atoms with Crippen molar-refractivity contribution in [3.8, 4) is 0 Å². The average molecular weight is 456 g/mol. The van der Waals surface area contributed by atoms with Crippen LogP contribution in [0.3, 0.4) is 0 Å². The van der Waals surface area contributed by atoms with Gasteiger partial charge in [-0.3, -0.25) is 4.72 Å². The Bertz CT molecular complexity index is 1330. The second kappa shape index (κ2) is 8.91. The molecule has 0 aliphatic heterocycles. The van der Waals surface area contributed by atoms with E-state index in [4.69, 9.17) is 11.6 Å². The van der Waals surface area contributed by atoms with E-state index in [1.54, 1.807) is 30.3 Å². The Morgan fingerprint density at radius 3 is 2.58 bits per heavy atom. The van der Waals surface area contributed by atoms with Crippen LogP contribution in [0.2, 0.25) is 5.02 Å². The second-order valence-electron chi connectivity index (χ2n) is 7.58. The number of H-pyrrole nitrogens is 1. The Labute approximate surface area is 188 Å². The largest absolute Gasteiger partial charge is 0.361 e. The molecule has 7 heteroatoms. The van der Waals surface area contributed by atoms with Crippen LogP contribution in [0.5, 0.6) is 0 Å². The maximum absolute atomic E-state index is 13.0. The summed E-state index contributed by atoms with van der Waals surface area (Å²) in [7, 11) is -3.73. The van der Waals surface area contributed by atoms with Crippen LogP contribution in [0.4, 0.5) is 5.69 Å². The number of aromatic nitrogens is 1. The predicted octanol–water partition coefficient (Wildman–Crippen LogP) is 5.66. The van der Waals surface area contributed by atoms with Crippen LogP contribution in [0, 0.1) is 0 Å². The number of nitrogens with zero attached hydrogens (tertiary/aromatic N) is 1. The van der Waals surface area contributed by atoms with Crippen molar-refractivity contribution >= 4 is 49.0 Å². The van der Waals surface area contributed by atoms with Gasteiger partial charge < -0.3 is 9.88 Å². The summed E-state index contributed by atoms with van der Waals surface area (Å²) in [5.41, 5.74) is 2.73. The number of hydrogen-bond donors (Lipinski definition) is 2. The molecule has 162 valence electrons. The summed E-state index contributed by atoms with van der Waals surface area (Å²) >= 11 is 6.21. The van der Waals surface area contributed by atoms with Crippen LogP contribution in [0.1, 0.15) is 19.4 Å². The Morgan fingerprint density at radius 1 is 1.00 bits per heavy atom. The standard InChI is InChI=1S/C24H26ClN3O2S/c1-3-28(4-2)13-12-18-16-26-24-11-8-19(15-22(18)24)27-31(29,30)20-9-10-21-17(14-20)6-5-7-23(21)25/h5-11,14-16,26-27H,3-4,12-13H2,1-2H3. The van der Waals surface area contributed by atoms with Gasteiger partial charge in [-0.1, -0.05) is 43.6 Å². The zero-order valence-corrected chi connectivity index (χ0v) is 19.2. The van der Waals surface area contributed by atoms with Crippen LogP contribution < -0.4 is 4.72 Å². The number of likely N-dealkylation sites (N-methyl/N-ethyl adjacent to an activating group) is 1. The van der Waals surface area contributed by atoms with Gasteiger partial charge in [0.1, 0.15) is 0 Å². The van der Waals surface area contributed by atoms with Crippen molar-refractivity contribution in [1.29, 1.82) is 0 Å². The molecule has 0 saturated heterocycles. The quantitative estimate of drug-likeness (QED) is 0.360. The lowest BCUT2D eigenvalue weighted by atomic mass is 10.1. The fourth-order valence-electron chi connectivity index (χ4n) is 3.87. The summed E-state index contributed by atoms with van der Waals surface area (Å²) in [4.78, 5) is 5.87. The number of aromatic amines is 1. The van der Waals surface area contributed by atoms with Gasteiger partial charge in [0.2, 0.25) is 0 Å². The van der Waals surface area contributed by atoms with Crippen molar-refractivity contribution in [3.05, 3.63) is 71.4 Å². The van der Waals surface area contributed by atoms with Crippen LogP contribution in [-0.4, -0.2) is 37.9 Å². The molecule has 4 aromatic rings. The zero-order chi connectivity index (χ0) is 22.0. The highest BCUT2D eigenvalue weighted by atomic mass is 35.5. The first-order valence-corrected chi connectivity index (χ1v) is 12.3. The first-order valence-electron chi connectivity index (χ1n) is 10.4. The molecule has 0 fully saturated rings. The van der Waals surface area contributed by atoms with Crippen LogP contribution in [0.25, 0.3) is 21.7 Å². The smallest absolute Gasteiger partial charge is 0.261 e. The fraction of sp³-hybridized carbons (Fsp3) is 0.250. The molecule has 0 unspecified atom stereocenters. The SMILES string of the molecule is CCN(CC)CCc1c[nH]c2ccc(NS(=O)(=O)c3ccc4c(Cl)cccc4c3)cc12. The molecule has 0 spiro atoms. The van der Waals surface area contributed by atoms with Crippen LogP contribution in [-0.2, 0) is 16.4 Å². The van der Waals surface area contributed by atoms with E-state index in [-0.39, 0.29) is 4.90 Å². The maximum Gasteiger partial charge on any atom is 0.261 e. The normalized spacial score (nSPS) is 12.1.